The number of amides is 2. The van der Waals surface area contributed by atoms with Crippen molar-refractivity contribution in [3.8, 4) is 0 Å². The van der Waals surface area contributed by atoms with Gasteiger partial charge in [-0.3, -0.25) is 4.79 Å². The van der Waals surface area contributed by atoms with Gasteiger partial charge in [0.05, 0.1) is 6.54 Å². The van der Waals surface area contributed by atoms with Gasteiger partial charge < -0.3 is 5.11 Å². The van der Waals surface area contributed by atoms with Crippen LogP contribution in [-0.4, -0.2) is 28.6 Å². The van der Waals surface area contributed by atoms with E-state index in [-0.39, 0.29) is 6.54 Å². The lowest BCUT2D eigenvalue weighted by Crippen LogP contribution is -2.30. The normalized spacial score (nSPS) is 16.9. The third-order valence-corrected chi connectivity index (χ3v) is 1.05. The molecule has 0 aromatic heterocycles. The fraction of sp³-hybridized carbons (Fsp3) is 0.200. The number of nitrogens with zero attached hydrogens (tertiary/aromatic N) is 1. The van der Waals surface area contributed by atoms with Gasteiger partial charge >= 0.3 is 6.09 Å². The monoisotopic (exact) mass is 127 g/mol. The molecule has 0 radical (unpaired) electrons. The lowest BCUT2D eigenvalue weighted by Gasteiger charge is -2.05. The summed E-state index contributed by atoms with van der Waals surface area (Å²) < 4.78 is 0. The summed E-state index contributed by atoms with van der Waals surface area (Å²) in [6.45, 7) is 0.189. The molecule has 0 fully saturated rings. The van der Waals surface area contributed by atoms with Crippen LogP contribution in [0.2, 0.25) is 0 Å². The second-order valence-electron chi connectivity index (χ2n) is 1.63. The van der Waals surface area contributed by atoms with Crippen LogP contribution < -0.4 is 0 Å². The van der Waals surface area contributed by atoms with Gasteiger partial charge in [-0.05, 0) is 0 Å². The van der Waals surface area contributed by atoms with E-state index >= 15 is 0 Å². The first-order valence-electron chi connectivity index (χ1n) is 2.43. The number of rotatable bonds is 0. The van der Waals surface area contributed by atoms with E-state index in [0.717, 1.165) is 4.90 Å². The Kier molecular flexibility index (Phi) is 1.22. The Balaban J connectivity index is 2.66. The van der Waals surface area contributed by atoms with Crippen LogP contribution in [0.25, 0.3) is 0 Å². The SMILES string of the molecule is O=C(O)N1CC=CC1=O. The fourth-order valence-electron chi connectivity index (χ4n) is 0.611. The molecule has 1 aliphatic heterocycles. The highest BCUT2D eigenvalue weighted by molar-refractivity contribution is 6.00. The zero-order valence-electron chi connectivity index (χ0n) is 4.57. The lowest BCUT2D eigenvalue weighted by molar-refractivity contribution is -0.122. The molecular formula is C5H5NO3. The first-order chi connectivity index (χ1) is 4.22. The van der Waals surface area contributed by atoms with Crippen LogP contribution in [0.3, 0.4) is 0 Å². The molecule has 48 valence electrons. The summed E-state index contributed by atoms with van der Waals surface area (Å²) >= 11 is 0. The highest BCUT2D eigenvalue weighted by Gasteiger charge is 2.20. The van der Waals surface area contributed by atoms with Gasteiger partial charge in [0.25, 0.3) is 5.91 Å². The maximum Gasteiger partial charge on any atom is 0.414 e. The fourth-order valence-corrected chi connectivity index (χ4v) is 0.611. The zero-order chi connectivity index (χ0) is 6.85. The van der Waals surface area contributed by atoms with E-state index in [4.69, 9.17) is 5.11 Å². The Hall–Kier alpha value is -1.32. The zero-order valence-corrected chi connectivity index (χ0v) is 4.57. The van der Waals surface area contributed by atoms with E-state index in [1.54, 1.807) is 0 Å². The molecule has 1 N–H and O–H groups in total. The van der Waals surface area contributed by atoms with Crippen molar-refractivity contribution in [1.29, 1.82) is 0 Å². The number of hydrogen-bond acceptors (Lipinski definition) is 2. The summed E-state index contributed by atoms with van der Waals surface area (Å²) in [6.07, 6.45) is 1.56. The number of carbonyl (C=O) groups is 2. The van der Waals surface area contributed by atoms with Crippen molar-refractivity contribution in [2.45, 2.75) is 0 Å². The first kappa shape index (κ1) is 5.81. The van der Waals surface area contributed by atoms with Crippen molar-refractivity contribution in [2.24, 2.45) is 0 Å². The number of imide groups is 1. The minimum Gasteiger partial charge on any atom is -0.465 e. The maximum atomic E-state index is 10.5. The third kappa shape index (κ3) is 0.910. The predicted octanol–water partition coefficient (Wildman–Crippen LogP) is 0.0628. The molecule has 0 aromatic rings. The average molecular weight is 127 g/mol. The highest BCUT2D eigenvalue weighted by atomic mass is 16.4. The molecule has 0 spiro atoms. The Morgan fingerprint density at radius 1 is 1.78 bits per heavy atom. The quantitative estimate of drug-likeness (QED) is 0.500. The van der Waals surface area contributed by atoms with E-state index in [1.165, 1.54) is 12.2 Å². The van der Waals surface area contributed by atoms with Gasteiger partial charge in [0, 0.05) is 6.08 Å². The van der Waals surface area contributed by atoms with Crippen LogP contribution in [0.15, 0.2) is 12.2 Å². The third-order valence-electron chi connectivity index (χ3n) is 1.05. The van der Waals surface area contributed by atoms with Crippen LogP contribution in [-0.2, 0) is 4.79 Å². The van der Waals surface area contributed by atoms with Crippen LogP contribution in [0, 0.1) is 0 Å². The van der Waals surface area contributed by atoms with E-state index in [0.29, 0.717) is 0 Å². The smallest absolute Gasteiger partial charge is 0.414 e. The molecule has 4 heteroatoms. The second kappa shape index (κ2) is 1.89. The van der Waals surface area contributed by atoms with E-state index in [1.807, 2.05) is 0 Å². The van der Waals surface area contributed by atoms with E-state index in [2.05, 4.69) is 0 Å². The number of carbonyl (C=O) groups excluding carboxylic acids is 1. The van der Waals surface area contributed by atoms with Crippen LogP contribution in [0.4, 0.5) is 4.79 Å². The van der Waals surface area contributed by atoms with Crippen molar-refractivity contribution >= 4 is 12.0 Å². The van der Waals surface area contributed by atoms with Crippen LogP contribution in [0.1, 0.15) is 0 Å². The highest BCUT2D eigenvalue weighted by Crippen LogP contribution is 1.99. The Morgan fingerprint density at radius 2 is 2.44 bits per heavy atom. The van der Waals surface area contributed by atoms with Crippen molar-refractivity contribution in [1.82, 2.24) is 4.90 Å². The molecule has 9 heavy (non-hydrogen) atoms. The summed E-state index contributed by atoms with van der Waals surface area (Å²) in [5, 5.41) is 8.25. The van der Waals surface area contributed by atoms with Crippen LogP contribution >= 0.6 is 0 Å². The van der Waals surface area contributed by atoms with E-state index in [9.17, 15) is 9.59 Å². The molecular weight excluding hydrogens is 122 g/mol. The molecule has 0 atom stereocenters. The first-order valence-corrected chi connectivity index (χ1v) is 2.43. The number of hydrogen-bond donors (Lipinski definition) is 1. The van der Waals surface area contributed by atoms with Crippen LogP contribution in [0.5, 0.6) is 0 Å². The Morgan fingerprint density at radius 3 is 2.67 bits per heavy atom. The summed E-state index contributed by atoms with van der Waals surface area (Å²) in [5.41, 5.74) is 0. The molecule has 1 aliphatic rings. The van der Waals surface area contributed by atoms with Crippen molar-refractivity contribution in [3.63, 3.8) is 0 Å². The van der Waals surface area contributed by atoms with Gasteiger partial charge in [-0.25, -0.2) is 9.69 Å². The molecule has 0 bridgehead atoms. The summed E-state index contributed by atoms with van der Waals surface area (Å²) in [7, 11) is 0. The van der Waals surface area contributed by atoms with Gasteiger partial charge in [-0.2, -0.15) is 0 Å². The molecule has 0 saturated carbocycles. The Labute approximate surface area is 51.4 Å². The van der Waals surface area contributed by atoms with Gasteiger partial charge in [0.15, 0.2) is 0 Å². The minimum atomic E-state index is -1.19. The molecule has 1 heterocycles. The second-order valence-corrected chi connectivity index (χ2v) is 1.63. The topological polar surface area (TPSA) is 57.6 Å². The molecule has 0 saturated heterocycles. The van der Waals surface area contributed by atoms with E-state index < -0.39 is 12.0 Å². The standard InChI is InChI=1S/C5H5NO3/c7-4-2-1-3-6(4)5(8)9/h1-2H,3H2,(H,8,9). The summed E-state index contributed by atoms with van der Waals surface area (Å²) in [5.74, 6) is -0.456. The predicted molar refractivity (Wildman–Crippen MR) is 28.9 cm³/mol. The van der Waals surface area contributed by atoms with Gasteiger partial charge in [0.1, 0.15) is 0 Å². The molecule has 0 aliphatic carbocycles. The minimum absolute atomic E-state index is 0.189. The lowest BCUT2D eigenvalue weighted by atomic mass is 10.6. The van der Waals surface area contributed by atoms with Gasteiger partial charge in [-0.1, -0.05) is 6.08 Å². The van der Waals surface area contributed by atoms with Crippen molar-refractivity contribution in [2.75, 3.05) is 6.54 Å². The molecule has 2 amide bonds. The largest absolute Gasteiger partial charge is 0.465 e. The maximum absolute atomic E-state index is 10.5. The molecule has 0 aromatic carbocycles. The number of carboxylic acid groups (broad SMARTS) is 1. The summed E-state index contributed by atoms with van der Waals surface area (Å²) in [6, 6.07) is 0. The molecule has 0 unspecified atom stereocenters. The van der Waals surface area contributed by atoms with Crippen molar-refractivity contribution in [3.05, 3.63) is 12.2 Å². The summed E-state index contributed by atoms with van der Waals surface area (Å²) in [4.78, 5) is 21.3. The molecule has 4 nitrogen and oxygen atoms in total. The van der Waals surface area contributed by atoms with Gasteiger partial charge in [-0.15, -0.1) is 0 Å². The molecule has 1 rings (SSSR count). The van der Waals surface area contributed by atoms with Gasteiger partial charge in [0.2, 0.25) is 0 Å². The van der Waals surface area contributed by atoms with Crippen molar-refractivity contribution < 1.29 is 14.7 Å². The average Bonchev–Trinajstić information content (AvgIpc) is 2.13. The Bertz CT molecular complexity index is 185.